The fourth-order valence-corrected chi connectivity index (χ4v) is 1.75. The summed E-state index contributed by atoms with van der Waals surface area (Å²) in [6.07, 6.45) is 5.72. The molecule has 84 valence electrons. The highest BCUT2D eigenvalue weighted by atomic mass is 16.5. The number of ketones is 1. The van der Waals surface area contributed by atoms with E-state index in [1.807, 2.05) is 6.08 Å². The Morgan fingerprint density at radius 3 is 2.94 bits per heavy atom. The number of benzene rings is 1. The molecule has 1 heterocycles. The van der Waals surface area contributed by atoms with Crippen LogP contribution < -0.4 is 0 Å². The summed E-state index contributed by atoms with van der Waals surface area (Å²) in [6, 6.07) is 6.63. The molecule has 0 aliphatic carbocycles. The van der Waals surface area contributed by atoms with Gasteiger partial charge in [-0.1, -0.05) is 12.1 Å². The highest BCUT2D eigenvalue weighted by molar-refractivity contribution is 5.98. The number of hydrogen-bond donors (Lipinski definition) is 1. The zero-order valence-corrected chi connectivity index (χ0v) is 8.93. The van der Waals surface area contributed by atoms with Gasteiger partial charge < -0.3 is 9.84 Å². The van der Waals surface area contributed by atoms with Crippen LogP contribution in [-0.2, 0) is 4.74 Å². The molecule has 16 heavy (non-hydrogen) atoms. The van der Waals surface area contributed by atoms with Crippen LogP contribution in [0.25, 0.3) is 0 Å². The molecule has 1 aromatic rings. The molecule has 3 heteroatoms. The van der Waals surface area contributed by atoms with Crippen molar-refractivity contribution in [1.29, 1.82) is 0 Å². The first-order chi connectivity index (χ1) is 7.77. The SMILES string of the molecule is O=C(CCC1CC=CO1)c1ccccc1O. The molecular weight excluding hydrogens is 204 g/mol. The molecule has 0 saturated carbocycles. The average molecular weight is 218 g/mol. The van der Waals surface area contributed by atoms with Gasteiger partial charge in [-0.05, 0) is 24.6 Å². The van der Waals surface area contributed by atoms with Gasteiger partial charge in [0.1, 0.15) is 11.9 Å². The number of hydrogen-bond acceptors (Lipinski definition) is 3. The minimum absolute atomic E-state index is 0.0337. The number of carbonyl (C=O) groups is 1. The van der Waals surface area contributed by atoms with E-state index in [1.165, 1.54) is 6.07 Å². The molecule has 1 unspecified atom stereocenters. The van der Waals surface area contributed by atoms with Crippen molar-refractivity contribution in [3.05, 3.63) is 42.2 Å². The fraction of sp³-hybridized carbons (Fsp3) is 0.308. The first-order valence-electron chi connectivity index (χ1n) is 5.39. The number of rotatable bonds is 4. The van der Waals surface area contributed by atoms with Gasteiger partial charge in [0.2, 0.25) is 0 Å². The monoisotopic (exact) mass is 218 g/mol. The summed E-state index contributed by atoms with van der Waals surface area (Å²) >= 11 is 0. The highest BCUT2D eigenvalue weighted by Crippen LogP contribution is 2.20. The summed E-state index contributed by atoms with van der Waals surface area (Å²) in [5.74, 6) is 0.0200. The maximum Gasteiger partial charge on any atom is 0.166 e. The van der Waals surface area contributed by atoms with Crippen LogP contribution in [0.2, 0.25) is 0 Å². The molecule has 2 rings (SSSR count). The Kier molecular flexibility index (Phi) is 3.25. The molecule has 0 fully saturated rings. The average Bonchev–Trinajstić information content (AvgIpc) is 2.79. The summed E-state index contributed by atoms with van der Waals surface area (Å²) in [6.45, 7) is 0. The largest absolute Gasteiger partial charge is 0.507 e. The second-order valence-electron chi connectivity index (χ2n) is 3.84. The van der Waals surface area contributed by atoms with E-state index >= 15 is 0 Å². The minimum atomic E-state index is -0.0337. The fourth-order valence-electron chi connectivity index (χ4n) is 1.75. The van der Waals surface area contributed by atoms with Crippen LogP contribution >= 0.6 is 0 Å². The van der Waals surface area contributed by atoms with Crippen LogP contribution in [-0.4, -0.2) is 17.0 Å². The van der Waals surface area contributed by atoms with Crippen molar-refractivity contribution in [2.75, 3.05) is 0 Å². The van der Waals surface area contributed by atoms with Gasteiger partial charge >= 0.3 is 0 Å². The lowest BCUT2D eigenvalue weighted by Crippen LogP contribution is -2.08. The molecule has 0 radical (unpaired) electrons. The zero-order valence-electron chi connectivity index (χ0n) is 8.93. The molecule has 1 aliphatic rings. The summed E-state index contributed by atoms with van der Waals surface area (Å²) in [4.78, 5) is 11.8. The third-order valence-electron chi connectivity index (χ3n) is 2.66. The van der Waals surface area contributed by atoms with Gasteiger partial charge in [-0.3, -0.25) is 4.79 Å². The molecule has 0 saturated heterocycles. The molecule has 0 bridgehead atoms. The predicted octanol–water partition coefficient (Wildman–Crippen LogP) is 2.66. The lowest BCUT2D eigenvalue weighted by molar-refractivity contribution is 0.0939. The van der Waals surface area contributed by atoms with Crippen LogP contribution in [0.4, 0.5) is 0 Å². The first kappa shape index (κ1) is 10.7. The van der Waals surface area contributed by atoms with Crippen molar-refractivity contribution >= 4 is 5.78 Å². The second kappa shape index (κ2) is 4.84. The van der Waals surface area contributed by atoms with Crippen LogP contribution in [0.15, 0.2) is 36.6 Å². The standard InChI is InChI=1S/C13H14O3/c14-12-6-2-1-5-11(12)13(15)8-7-10-4-3-9-16-10/h1-3,5-6,9-10,14H,4,7-8H2. The van der Waals surface area contributed by atoms with E-state index in [0.29, 0.717) is 18.4 Å². The molecular formula is C13H14O3. The summed E-state index contributed by atoms with van der Waals surface area (Å²) < 4.78 is 5.27. The van der Waals surface area contributed by atoms with E-state index < -0.39 is 0 Å². The molecule has 1 atom stereocenters. The highest BCUT2D eigenvalue weighted by Gasteiger charge is 2.15. The lowest BCUT2D eigenvalue weighted by atomic mass is 10.0. The normalized spacial score (nSPS) is 18.4. The quantitative estimate of drug-likeness (QED) is 0.790. The van der Waals surface area contributed by atoms with Gasteiger partial charge in [-0.15, -0.1) is 0 Å². The lowest BCUT2D eigenvalue weighted by Gasteiger charge is -2.09. The van der Waals surface area contributed by atoms with Crippen molar-refractivity contribution in [2.24, 2.45) is 0 Å². The third-order valence-corrected chi connectivity index (χ3v) is 2.66. The van der Waals surface area contributed by atoms with Crippen LogP contribution in [0.5, 0.6) is 5.75 Å². The van der Waals surface area contributed by atoms with Crippen LogP contribution in [0.3, 0.4) is 0 Å². The molecule has 3 nitrogen and oxygen atoms in total. The smallest absolute Gasteiger partial charge is 0.166 e. The van der Waals surface area contributed by atoms with Gasteiger partial charge in [0, 0.05) is 12.8 Å². The van der Waals surface area contributed by atoms with Gasteiger partial charge in [-0.25, -0.2) is 0 Å². The summed E-state index contributed by atoms with van der Waals surface area (Å²) in [5, 5.41) is 9.51. The third kappa shape index (κ3) is 2.42. The second-order valence-corrected chi connectivity index (χ2v) is 3.84. The van der Waals surface area contributed by atoms with Crippen LogP contribution in [0, 0.1) is 0 Å². The number of phenolic OH excluding ortho intramolecular Hbond substituents is 1. The van der Waals surface area contributed by atoms with Gasteiger partial charge in [0.25, 0.3) is 0 Å². The Bertz CT molecular complexity index is 401. The number of ether oxygens (including phenoxy) is 1. The van der Waals surface area contributed by atoms with E-state index in [1.54, 1.807) is 24.5 Å². The Morgan fingerprint density at radius 2 is 2.25 bits per heavy atom. The van der Waals surface area contributed by atoms with E-state index in [4.69, 9.17) is 4.74 Å². The Balaban J connectivity index is 1.90. The van der Waals surface area contributed by atoms with Crippen LogP contribution in [0.1, 0.15) is 29.6 Å². The van der Waals surface area contributed by atoms with Crippen molar-refractivity contribution < 1.29 is 14.6 Å². The van der Waals surface area contributed by atoms with Crippen molar-refractivity contribution in [2.45, 2.75) is 25.4 Å². The summed E-state index contributed by atoms with van der Waals surface area (Å²) in [5.41, 5.74) is 0.397. The first-order valence-corrected chi connectivity index (χ1v) is 5.39. The number of carbonyl (C=O) groups excluding carboxylic acids is 1. The molecule has 1 aliphatic heterocycles. The number of phenols is 1. The Labute approximate surface area is 94.4 Å². The topological polar surface area (TPSA) is 46.5 Å². The van der Waals surface area contributed by atoms with Crippen molar-refractivity contribution in [3.8, 4) is 5.75 Å². The van der Waals surface area contributed by atoms with Gasteiger partial charge in [0.05, 0.1) is 11.8 Å². The van der Waals surface area contributed by atoms with E-state index in [2.05, 4.69) is 0 Å². The van der Waals surface area contributed by atoms with Crippen molar-refractivity contribution in [1.82, 2.24) is 0 Å². The molecule has 1 N–H and O–H groups in total. The Morgan fingerprint density at radius 1 is 1.44 bits per heavy atom. The van der Waals surface area contributed by atoms with Crippen molar-refractivity contribution in [3.63, 3.8) is 0 Å². The van der Waals surface area contributed by atoms with E-state index in [9.17, 15) is 9.90 Å². The number of para-hydroxylation sites is 1. The molecule has 0 amide bonds. The van der Waals surface area contributed by atoms with E-state index in [0.717, 1.165) is 6.42 Å². The maximum absolute atomic E-state index is 11.8. The van der Waals surface area contributed by atoms with E-state index in [-0.39, 0.29) is 17.6 Å². The maximum atomic E-state index is 11.8. The number of Topliss-reactive ketones (excluding diaryl/α,β-unsaturated/α-hetero) is 1. The molecule has 0 spiro atoms. The molecule has 0 aromatic heterocycles. The van der Waals surface area contributed by atoms with Gasteiger partial charge in [0.15, 0.2) is 5.78 Å². The number of aromatic hydroxyl groups is 1. The zero-order chi connectivity index (χ0) is 11.4. The molecule has 1 aromatic carbocycles. The Hall–Kier alpha value is -1.77. The van der Waals surface area contributed by atoms with Gasteiger partial charge in [-0.2, -0.15) is 0 Å². The minimum Gasteiger partial charge on any atom is -0.507 e. The predicted molar refractivity (Wildman–Crippen MR) is 60.3 cm³/mol. The summed E-state index contributed by atoms with van der Waals surface area (Å²) in [7, 11) is 0.